The number of fused-ring (bicyclic) bond motifs is 1. The molecule has 3 aromatic rings. The van der Waals surface area contributed by atoms with Crippen LogP contribution in [0.15, 0.2) is 24.4 Å². The Balaban J connectivity index is 2.27. The Morgan fingerprint density at radius 3 is 2.62 bits per heavy atom. The Hall–Kier alpha value is -3.09. The molecule has 0 aliphatic carbocycles. The number of ether oxygens (including phenoxy) is 2. The fourth-order valence-electron chi connectivity index (χ4n) is 2.86. The van der Waals surface area contributed by atoms with Crippen LogP contribution in [0.2, 0.25) is 0 Å². The first-order valence-corrected chi connectivity index (χ1v) is 7.33. The van der Waals surface area contributed by atoms with Crippen molar-refractivity contribution >= 4 is 17.0 Å². The Labute approximate surface area is 138 Å². The van der Waals surface area contributed by atoms with Crippen LogP contribution < -0.4 is 14.0 Å². The van der Waals surface area contributed by atoms with Crippen LogP contribution in [0.5, 0.6) is 11.5 Å². The Morgan fingerprint density at radius 1 is 1.25 bits per heavy atom. The van der Waals surface area contributed by atoms with E-state index in [1.54, 1.807) is 26.3 Å². The predicted octanol–water partition coefficient (Wildman–Crippen LogP) is 2.17. The summed E-state index contributed by atoms with van der Waals surface area (Å²) in [5, 5.41) is 9.64. The van der Waals surface area contributed by atoms with E-state index in [0.29, 0.717) is 23.0 Å². The highest BCUT2D eigenvalue weighted by atomic mass is 16.5. The van der Waals surface area contributed by atoms with Crippen molar-refractivity contribution in [3.8, 4) is 17.4 Å². The lowest BCUT2D eigenvalue weighted by Crippen LogP contribution is -2.40. The molecule has 3 rings (SSSR count). The molecule has 0 saturated heterocycles. The maximum atomic E-state index is 11.8. The molecule has 0 fully saturated rings. The lowest BCUT2D eigenvalue weighted by Gasteiger charge is -2.12. The number of H-pyrrole nitrogens is 1. The van der Waals surface area contributed by atoms with Crippen LogP contribution in [0.4, 0.5) is 0 Å². The van der Waals surface area contributed by atoms with Gasteiger partial charge in [0.15, 0.2) is 11.2 Å². The third-order valence-electron chi connectivity index (χ3n) is 3.93. The molecule has 0 bridgehead atoms. The van der Waals surface area contributed by atoms with Gasteiger partial charge in [-0.05, 0) is 26.0 Å². The normalized spacial score (nSPS) is 10.8. The van der Waals surface area contributed by atoms with Gasteiger partial charge in [0.05, 0.1) is 20.4 Å². The number of hydrogen-bond donors (Lipinski definition) is 2. The number of carboxylic acid groups (broad SMARTS) is 1. The summed E-state index contributed by atoms with van der Waals surface area (Å²) in [6, 6.07) is 5.44. The lowest BCUT2D eigenvalue weighted by molar-refractivity contribution is -0.606. The van der Waals surface area contributed by atoms with E-state index in [1.165, 1.54) is 11.7 Å². The number of pyridine rings is 1. The van der Waals surface area contributed by atoms with Gasteiger partial charge in [-0.3, -0.25) is 0 Å². The van der Waals surface area contributed by atoms with Crippen molar-refractivity contribution < 1.29 is 23.9 Å². The highest BCUT2D eigenvalue weighted by molar-refractivity contribution is 5.86. The molecule has 7 nitrogen and oxygen atoms in total. The van der Waals surface area contributed by atoms with E-state index in [0.717, 1.165) is 16.6 Å². The van der Waals surface area contributed by atoms with E-state index in [9.17, 15) is 9.90 Å². The smallest absolute Gasteiger partial charge is 0.402 e. The number of aryl methyl sites for hydroxylation is 1. The molecule has 0 saturated carbocycles. The fraction of sp³-hybridized carbons (Fsp3) is 0.235. The predicted molar refractivity (Wildman–Crippen MR) is 87.2 cm³/mol. The summed E-state index contributed by atoms with van der Waals surface area (Å²) < 4.78 is 12.1. The van der Waals surface area contributed by atoms with Crippen molar-refractivity contribution in [2.75, 3.05) is 14.2 Å². The molecule has 0 amide bonds. The van der Waals surface area contributed by atoms with Crippen molar-refractivity contribution in [1.29, 1.82) is 0 Å². The Morgan fingerprint density at radius 2 is 2.00 bits per heavy atom. The maximum Gasteiger partial charge on any atom is 0.402 e. The summed E-state index contributed by atoms with van der Waals surface area (Å²) in [4.78, 5) is 19.4. The number of carbonyl (C=O) groups is 1. The van der Waals surface area contributed by atoms with E-state index in [1.807, 2.05) is 19.1 Å². The van der Waals surface area contributed by atoms with E-state index < -0.39 is 5.97 Å². The van der Waals surface area contributed by atoms with Crippen LogP contribution in [-0.2, 0) is 0 Å². The van der Waals surface area contributed by atoms with Gasteiger partial charge in [0, 0.05) is 17.2 Å². The number of nitrogens with zero attached hydrogens (tertiary/aromatic N) is 2. The molecular weight excluding hydrogens is 310 g/mol. The van der Waals surface area contributed by atoms with E-state index in [4.69, 9.17) is 9.47 Å². The first kappa shape index (κ1) is 15.8. The first-order chi connectivity index (χ1) is 11.5. The average Bonchev–Trinajstić information content (AvgIpc) is 2.96. The second-order valence-electron chi connectivity index (χ2n) is 5.44. The molecule has 0 unspecified atom stereocenters. The standard InChI is InChI=1S/C17H17N3O4/c1-9-8-20(14(16(21)22)10(2)15(9)24-4)17-18-12-6-5-11(23-3)7-13(12)19-17/h5-8H,1-4H3,(H-,18,19,21,22)/p+1. The number of benzene rings is 1. The van der Waals surface area contributed by atoms with E-state index in [-0.39, 0.29) is 5.69 Å². The van der Waals surface area contributed by atoms with Crippen molar-refractivity contribution in [2.24, 2.45) is 0 Å². The van der Waals surface area contributed by atoms with Gasteiger partial charge in [0.2, 0.25) is 0 Å². The molecule has 0 spiro atoms. The maximum absolute atomic E-state index is 11.8. The number of methoxy groups -OCH3 is 2. The third-order valence-corrected chi connectivity index (χ3v) is 3.93. The number of aromatic nitrogens is 3. The number of rotatable bonds is 4. The Kier molecular flexibility index (Phi) is 3.84. The van der Waals surface area contributed by atoms with E-state index in [2.05, 4.69) is 9.97 Å². The molecule has 1 aromatic carbocycles. The molecule has 2 heterocycles. The summed E-state index contributed by atoms with van der Waals surface area (Å²) in [6.07, 6.45) is 1.70. The monoisotopic (exact) mass is 328 g/mol. The van der Waals surface area contributed by atoms with Crippen LogP contribution >= 0.6 is 0 Å². The minimum Gasteiger partial charge on any atom is -0.497 e. The summed E-state index contributed by atoms with van der Waals surface area (Å²) >= 11 is 0. The van der Waals surface area contributed by atoms with Crippen LogP contribution in [0.25, 0.3) is 17.0 Å². The molecule has 0 radical (unpaired) electrons. The second-order valence-corrected chi connectivity index (χ2v) is 5.44. The molecule has 24 heavy (non-hydrogen) atoms. The molecular formula is C17H18N3O4+. The number of aromatic carboxylic acids is 1. The number of aromatic amines is 1. The number of hydrogen-bond acceptors (Lipinski definition) is 4. The van der Waals surface area contributed by atoms with Crippen LogP contribution in [0.1, 0.15) is 21.6 Å². The first-order valence-electron chi connectivity index (χ1n) is 7.33. The van der Waals surface area contributed by atoms with Gasteiger partial charge in [-0.1, -0.05) is 4.98 Å². The molecule has 0 aliphatic heterocycles. The number of imidazole rings is 1. The zero-order valence-electron chi connectivity index (χ0n) is 13.9. The van der Waals surface area contributed by atoms with Crippen molar-refractivity contribution in [3.05, 3.63) is 41.2 Å². The zero-order chi connectivity index (χ0) is 17.4. The van der Waals surface area contributed by atoms with Gasteiger partial charge < -0.3 is 14.6 Å². The second kappa shape index (κ2) is 5.84. The summed E-state index contributed by atoms with van der Waals surface area (Å²) in [7, 11) is 3.12. The molecule has 2 aromatic heterocycles. The molecule has 0 atom stereocenters. The number of carboxylic acids is 1. The summed E-state index contributed by atoms with van der Waals surface area (Å²) in [5.74, 6) is 0.623. The number of nitrogens with one attached hydrogen (secondary N) is 1. The van der Waals surface area contributed by atoms with E-state index >= 15 is 0 Å². The van der Waals surface area contributed by atoms with Gasteiger partial charge in [0.25, 0.3) is 0 Å². The lowest BCUT2D eigenvalue weighted by atomic mass is 10.1. The summed E-state index contributed by atoms with van der Waals surface area (Å²) in [6.45, 7) is 3.58. The minimum absolute atomic E-state index is 0.100. The van der Waals surface area contributed by atoms with Crippen molar-refractivity contribution in [2.45, 2.75) is 13.8 Å². The third kappa shape index (κ3) is 2.44. The zero-order valence-corrected chi connectivity index (χ0v) is 13.9. The van der Waals surface area contributed by atoms with Crippen LogP contribution in [0, 0.1) is 13.8 Å². The fourth-order valence-corrected chi connectivity index (χ4v) is 2.86. The Bertz CT molecular complexity index is 947. The highest BCUT2D eigenvalue weighted by Crippen LogP contribution is 2.25. The van der Waals surface area contributed by atoms with Crippen LogP contribution in [0.3, 0.4) is 0 Å². The molecule has 2 N–H and O–H groups in total. The molecule has 124 valence electrons. The van der Waals surface area contributed by atoms with Crippen molar-refractivity contribution in [1.82, 2.24) is 9.97 Å². The van der Waals surface area contributed by atoms with Gasteiger partial charge in [-0.2, -0.15) is 4.57 Å². The molecule has 0 aliphatic rings. The quantitative estimate of drug-likeness (QED) is 0.717. The minimum atomic E-state index is -1.05. The van der Waals surface area contributed by atoms with Crippen LogP contribution in [-0.4, -0.2) is 35.3 Å². The van der Waals surface area contributed by atoms with Gasteiger partial charge in [-0.25, -0.2) is 9.78 Å². The average molecular weight is 328 g/mol. The largest absolute Gasteiger partial charge is 0.497 e. The molecule has 7 heteroatoms. The topological polar surface area (TPSA) is 88.3 Å². The van der Waals surface area contributed by atoms with Gasteiger partial charge >= 0.3 is 11.9 Å². The summed E-state index contributed by atoms with van der Waals surface area (Å²) in [5.41, 5.74) is 2.95. The van der Waals surface area contributed by atoms with Gasteiger partial charge in [0.1, 0.15) is 17.0 Å². The van der Waals surface area contributed by atoms with Gasteiger partial charge in [-0.15, -0.1) is 0 Å². The SMILES string of the molecule is COc1ccc2nc(-[n+]3cc(C)c(OC)c(C)c3C(=O)O)[nH]c2c1. The van der Waals surface area contributed by atoms with Crippen molar-refractivity contribution in [3.63, 3.8) is 0 Å². The highest BCUT2D eigenvalue weighted by Gasteiger charge is 2.26.